The highest BCUT2D eigenvalue weighted by Crippen LogP contribution is 2.19. The second-order valence-corrected chi connectivity index (χ2v) is 4.83. The maximum atomic E-state index is 12.3. The van der Waals surface area contributed by atoms with E-state index in [2.05, 4.69) is 5.10 Å². The van der Waals surface area contributed by atoms with Crippen LogP contribution in [0.5, 0.6) is 0 Å². The Morgan fingerprint density at radius 1 is 1.50 bits per heavy atom. The first-order chi connectivity index (χ1) is 8.50. The molecule has 1 aliphatic heterocycles. The van der Waals surface area contributed by atoms with Gasteiger partial charge in [-0.15, -0.1) is 0 Å². The molecule has 0 spiro atoms. The van der Waals surface area contributed by atoms with Crippen LogP contribution < -0.4 is 0 Å². The number of nitrogens with zero attached hydrogens (tertiary/aromatic N) is 3. The number of carboxylic acids is 1. The molecule has 0 radical (unpaired) electrons. The number of rotatable bonds is 3. The molecule has 0 bridgehead atoms. The molecule has 1 amide bonds. The minimum Gasteiger partial charge on any atom is -0.481 e. The second kappa shape index (κ2) is 4.80. The Hall–Kier alpha value is -1.85. The van der Waals surface area contributed by atoms with Gasteiger partial charge in [-0.05, 0) is 26.3 Å². The van der Waals surface area contributed by atoms with Crippen molar-refractivity contribution in [3.8, 4) is 0 Å². The Kier molecular flexibility index (Phi) is 3.36. The Balaban J connectivity index is 2.13. The van der Waals surface area contributed by atoms with Crippen LogP contribution in [-0.4, -0.2) is 44.8 Å². The number of hydrogen-bond acceptors (Lipinski definition) is 3. The van der Waals surface area contributed by atoms with Gasteiger partial charge in [0.15, 0.2) is 0 Å². The number of amides is 1. The van der Waals surface area contributed by atoms with E-state index in [1.807, 2.05) is 13.8 Å². The normalized spacial score (nSPS) is 19.5. The van der Waals surface area contributed by atoms with Gasteiger partial charge >= 0.3 is 5.97 Å². The first-order valence-electron chi connectivity index (χ1n) is 6.06. The van der Waals surface area contributed by atoms with Crippen LogP contribution in [0.4, 0.5) is 0 Å². The maximum absolute atomic E-state index is 12.3. The monoisotopic (exact) mass is 251 g/mol. The molecule has 0 aliphatic carbocycles. The van der Waals surface area contributed by atoms with E-state index in [1.165, 1.54) is 0 Å². The van der Waals surface area contributed by atoms with Gasteiger partial charge in [-0.3, -0.25) is 14.3 Å². The fraction of sp³-hybridized carbons (Fsp3) is 0.583. The minimum absolute atomic E-state index is 0.108. The summed E-state index contributed by atoms with van der Waals surface area (Å²) >= 11 is 0. The zero-order valence-corrected chi connectivity index (χ0v) is 10.5. The van der Waals surface area contributed by atoms with Crippen molar-refractivity contribution in [1.82, 2.24) is 14.7 Å². The number of carboxylic acid groups (broad SMARTS) is 1. The molecule has 98 valence electrons. The van der Waals surface area contributed by atoms with Gasteiger partial charge in [0.1, 0.15) is 5.69 Å². The Bertz CT molecular complexity index is 467. The van der Waals surface area contributed by atoms with E-state index < -0.39 is 11.9 Å². The lowest BCUT2D eigenvalue weighted by Gasteiger charge is -2.17. The molecule has 0 aromatic carbocycles. The molecule has 18 heavy (non-hydrogen) atoms. The number of hydrogen-bond donors (Lipinski definition) is 1. The van der Waals surface area contributed by atoms with Gasteiger partial charge in [-0.25, -0.2) is 0 Å². The molecular formula is C12H17N3O3. The standard InChI is InChI=1S/C12H17N3O3/c1-8(2)15-10(3-5-13-15)11(16)14-6-4-9(7-14)12(17)18/h3,5,8-9H,4,6-7H2,1-2H3,(H,17,18). The van der Waals surface area contributed by atoms with Gasteiger partial charge < -0.3 is 10.0 Å². The first-order valence-corrected chi connectivity index (χ1v) is 6.06. The van der Waals surface area contributed by atoms with Crippen LogP contribution in [0.3, 0.4) is 0 Å². The van der Waals surface area contributed by atoms with Gasteiger partial charge in [0.25, 0.3) is 5.91 Å². The molecule has 1 N–H and O–H groups in total. The predicted octanol–water partition coefficient (Wildman–Crippen LogP) is 1.01. The van der Waals surface area contributed by atoms with Crippen molar-refractivity contribution >= 4 is 11.9 Å². The van der Waals surface area contributed by atoms with Crippen molar-refractivity contribution in [2.75, 3.05) is 13.1 Å². The highest BCUT2D eigenvalue weighted by atomic mass is 16.4. The third kappa shape index (κ3) is 2.23. The van der Waals surface area contributed by atoms with E-state index in [-0.39, 0.29) is 18.5 Å². The van der Waals surface area contributed by atoms with E-state index in [0.29, 0.717) is 18.7 Å². The number of carbonyl (C=O) groups is 2. The SMILES string of the molecule is CC(C)n1nccc1C(=O)N1CCC(C(=O)O)C1. The van der Waals surface area contributed by atoms with Gasteiger partial charge in [0.05, 0.1) is 5.92 Å². The molecule has 1 aromatic heterocycles. The third-order valence-electron chi connectivity index (χ3n) is 3.20. The average Bonchev–Trinajstić information content (AvgIpc) is 2.97. The quantitative estimate of drug-likeness (QED) is 0.870. The summed E-state index contributed by atoms with van der Waals surface area (Å²) in [5, 5.41) is 13.0. The molecule has 1 saturated heterocycles. The summed E-state index contributed by atoms with van der Waals surface area (Å²) in [6.07, 6.45) is 2.12. The van der Waals surface area contributed by atoms with Gasteiger partial charge in [-0.2, -0.15) is 5.10 Å². The lowest BCUT2D eigenvalue weighted by molar-refractivity contribution is -0.141. The Labute approximate surface area is 105 Å². The molecule has 6 heteroatoms. The highest BCUT2D eigenvalue weighted by Gasteiger charge is 2.32. The number of likely N-dealkylation sites (tertiary alicyclic amines) is 1. The van der Waals surface area contributed by atoms with Gasteiger partial charge in [0, 0.05) is 25.3 Å². The topological polar surface area (TPSA) is 75.4 Å². The second-order valence-electron chi connectivity index (χ2n) is 4.83. The van der Waals surface area contributed by atoms with Crippen molar-refractivity contribution in [3.05, 3.63) is 18.0 Å². The molecular weight excluding hydrogens is 234 g/mol. The van der Waals surface area contributed by atoms with Crippen LogP contribution in [0.1, 0.15) is 36.8 Å². The molecule has 2 heterocycles. The number of aromatic nitrogens is 2. The zero-order valence-electron chi connectivity index (χ0n) is 10.5. The van der Waals surface area contributed by atoms with Crippen molar-refractivity contribution < 1.29 is 14.7 Å². The molecule has 2 rings (SSSR count). The van der Waals surface area contributed by atoms with E-state index in [9.17, 15) is 9.59 Å². The summed E-state index contributed by atoms with van der Waals surface area (Å²) < 4.78 is 1.66. The number of carbonyl (C=O) groups excluding carboxylic acids is 1. The predicted molar refractivity (Wildman–Crippen MR) is 64.3 cm³/mol. The molecule has 0 saturated carbocycles. The molecule has 6 nitrogen and oxygen atoms in total. The summed E-state index contributed by atoms with van der Waals surface area (Å²) in [4.78, 5) is 24.7. The lowest BCUT2D eigenvalue weighted by atomic mass is 10.1. The van der Waals surface area contributed by atoms with Crippen molar-refractivity contribution in [1.29, 1.82) is 0 Å². The van der Waals surface area contributed by atoms with Gasteiger partial charge in [0.2, 0.25) is 0 Å². The lowest BCUT2D eigenvalue weighted by Crippen LogP contribution is -2.32. The fourth-order valence-electron chi connectivity index (χ4n) is 2.20. The molecule has 1 fully saturated rings. The third-order valence-corrected chi connectivity index (χ3v) is 3.20. The highest BCUT2D eigenvalue weighted by molar-refractivity contribution is 5.93. The van der Waals surface area contributed by atoms with Gasteiger partial charge in [-0.1, -0.05) is 0 Å². The van der Waals surface area contributed by atoms with Crippen molar-refractivity contribution in [2.45, 2.75) is 26.3 Å². The van der Waals surface area contributed by atoms with Crippen LogP contribution in [0, 0.1) is 5.92 Å². The van der Waals surface area contributed by atoms with Crippen molar-refractivity contribution in [2.24, 2.45) is 5.92 Å². The van der Waals surface area contributed by atoms with E-state index in [4.69, 9.17) is 5.11 Å². The summed E-state index contributed by atoms with van der Waals surface area (Å²) in [7, 11) is 0. The largest absolute Gasteiger partial charge is 0.481 e. The van der Waals surface area contributed by atoms with Crippen LogP contribution in [0.25, 0.3) is 0 Å². The zero-order chi connectivity index (χ0) is 13.3. The molecule has 1 aliphatic rings. The van der Waals surface area contributed by atoms with Crippen LogP contribution in [-0.2, 0) is 4.79 Å². The summed E-state index contributed by atoms with van der Waals surface area (Å²) in [6.45, 7) is 4.69. The van der Waals surface area contributed by atoms with Crippen LogP contribution in [0.15, 0.2) is 12.3 Å². The Morgan fingerprint density at radius 2 is 2.22 bits per heavy atom. The summed E-state index contributed by atoms with van der Waals surface area (Å²) in [5.41, 5.74) is 0.524. The fourth-order valence-corrected chi connectivity index (χ4v) is 2.20. The smallest absolute Gasteiger partial charge is 0.308 e. The number of aliphatic carboxylic acids is 1. The Morgan fingerprint density at radius 3 is 2.78 bits per heavy atom. The summed E-state index contributed by atoms with van der Waals surface area (Å²) in [5.74, 6) is -1.41. The maximum Gasteiger partial charge on any atom is 0.308 e. The van der Waals surface area contributed by atoms with E-state index in [1.54, 1.807) is 21.8 Å². The van der Waals surface area contributed by atoms with E-state index >= 15 is 0 Å². The first kappa shape index (κ1) is 12.6. The van der Waals surface area contributed by atoms with Crippen molar-refractivity contribution in [3.63, 3.8) is 0 Å². The average molecular weight is 251 g/mol. The van der Waals surface area contributed by atoms with Crippen LogP contribution in [0.2, 0.25) is 0 Å². The molecule has 1 atom stereocenters. The summed E-state index contributed by atoms with van der Waals surface area (Å²) in [6, 6.07) is 1.79. The van der Waals surface area contributed by atoms with Crippen LogP contribution >= 0.6 is 0 Å². The van der Waals surface area contributed by atoms with E-state index in [0.717, 1.165) is 0 Å². The molecule has 1 unspecified atom stereocenters. The minimum atomic E-state index is -0.831. The molecule has 1 aromatic rings.